The number of hydrogen-bond donors (Lipinski definition) is 34. The summed E-state index contributed by atoms with van der Waals surface area (Å²) in [6, 6.07) is -3.58. The minimum absolute atomic E-state index is 0.958. The van der Waals surface area contributed by atoms with Crippen LogP contribution in [0, 0.1) is 0 Å². The number of hydrogen-bond acceptors (Lipinski definition) is 51. The van der Waals surface area contributed by atoms with Gasteiger partial charge in [-0.1, -0.05) is 0 Å². The quantitative estimate of drug-likeness (QED) is 0.0271. The highest BCUT2D eigenvalue weighted by molar-refractivity contribution is 7.46. The smallest absolute Gasteiger partial charge is 0.470 e. The predicted molar refractivity (Wildman–Crippen MR) is 347 cm³/mol. The maximum atomic E-state index is 14.0. The third kappa shape index (κ3) is 21.7. The molecule has 9 heterocycles. The van der Waals surface area contributed by atoms with Crippen LogP contribution in [0.15, 0.2) is 0 Å². The van der Waals surface area contributed by atoms with Crippen molar-refractivity contribution in [1.29, 1.82) is 0 Å². The zero-order chi connectivity index (χ0) is 87.0. The number of carbonyl (C=O) groups is 2. The van der Waals surface area contributed by atoms with E-state index in [-0.39, 0.29) is 0 Å². The minimum atomic E-state index is -6.35. The first-order valence-corrected chi connectivity index (χ1v) is 38.6. The Hall–Kier alpha value is -2.64. The highest BCUT2D eigenvalue weighted by atomic mass is 31.2. The normalized spacial score (nSPS) is 48.7. The topological polar surface area (TPSA) is 943 Å². The van der Waals surface area contributed by atoms with E-state index in [1.165, 1.54) is 0 Å². The lowest BCUT2D eigenvalue weighted by molar-refractivity contribution is -0.431. The zero-order valence-electron chi connectivity index (χ0n) is 60.2. The first-order chi connectivity index (χ1) is 54.7. The van der Waals surface area contributed by atoms with Crippen molar-refractivity contribution < 1.29 is 271 Å². The van der Waals surface area contributed by atoms with Gasteiger partial charge in [-0.25, -0.2) is 18.7 Å². The van der Waals surface area contributed by atoms with Crippen molar-refractivity contribution in [3.63, 3.8) is 0 Å². The van der Waals surface area contributed by atoms with Gasteiger partial charge in [0.05, 0.1) is 64.9 Å². The molecule has 59 heteroatoms. The van der Waals surface area contributed by atoms with Crippen LogP contribution in [0.3, 0.4) is 0 Å². The van der Waals surface area contributed by atoms with E-state index >= 15 is 0 Å². The molecule has 0 aromatic heterocycles. The highest BCUT2D eigenvalue weighted by Gasteiger charge is 2.65. The summed E-state index contributed by atoms with van der Waals surface area (Å²) in [5.41, 5.74) is 11.8. The maximum absolute atomic E-state index is 14.0. The molecule has 0 aromatic rings. The number of carboxylic acid groups (broad SMARTS) is 2. The Morgan fingerprint density at radius 2 is 0.786 bits per heavy atom. The van der Waals surface area contributed by atoms with Crippen LogP contribution >= 0.6 is 15.6 Å². The number of rotatable bonds is 33. The molecule has 9 fully saturated rings. The average molecular weight is 1770 g/mol. The van der Waals surface area contributed by atoms with Gasteiger partial charge in [0.2, 0.25) is 0 Å². The molecule has 0 aliphatic carbocycles. The summed E-state index contributed by atoms with van der Waals surface area (Å²) in [4.78, 5) is 68.1. The van der Waals surface area contributed by atoms with E-state index in [1.54, 1.807) is 0 Å². The van der Waals surface area contributed by atoms with Gasteiger partial charge in [0.1, 0.15) is 214 Å². The van der Waals surface area contributed by atoms with Crippen molar-refractivity contribution in [2.24, 2.45) is 11.5 Å². The Morgan fingerprint density at radius 1 is 0.376 bits per heavy atom. The molecule has 0 amide bonds. The summed E-state index contributed by atoms with van der Waals surface area (Å²) in [7, 11) is -12.2. The molecule has 47 atom stereocenters. The van der Waals surface area contributed by atoms with Gasteiger partial charge in [-0.2, -0.15) is 0 Å². The summed E-state index contributed by atoms with van der Waals surface area (Å²) < 4.78 is 135. The van der Waals surface area contributed by atoms with Crippen molar-refractivity contribution in [1.82, 2.24) is 0 Å². The summed E-state index contributed by atoms with van der Waals surface area (Å²) >= 11 is 0. The lowest BCUT2D eigenvalue weighted by Crippen LogP contribution is -2.72. The van der Waals surface area contributed by atoms with E-state index in [0.29, 0.717) is 0 Å². The lowest BCUT2D eigenvalue weighted by atomic mass is 9.90. The Labute approximate surface area is 655 Å². The SMILES string of the molecule is N[C@@H]1[C@@H](O)[C@H](O)[C@@H](CO[C@@H]2O[C@H](CO[C@]3(C(=O)O)C[C@@H](OP(=O)(O)O)[C@@H](O[C@H]4O[C@H]([C@@H](O)CO)[C@@H](O[C@@H]5O[C@H](CO)[C@@H](O)[C@H](O)[C@H]5O)[C@H](O[C@H]5O[C@H]([C@@H](O)CO)[C@@H](O)[C@H](O)[C@@H]5O[C@H]5O[C@H](C(=O)O)[C@@H](O)[C@@H](O)[C@H]5O[C@H]5O[C@H](CO)[C@@H](O)[C@H](O)[C@H]5O)[C@@H]4O[C@@H]4O[C@H](CO)[C@@H](O)[C@H](O)[C@H]4O)[C@@H]([C@H](O)CO)O3)[C@@H](OP(=O)(O)O)[C@H](O)[C@H]2N)O[C@@H]1O. The van der Waals surface area contributed by atoms with Gasteiger partial charge in [0.25, 0.3) is 5.79 Å². The Kier molecular flexibility index (Phi) is 34.2. The second-order valence-electron chi connectivity index (χ2n) is 28.5. The average Bonchev–Trinajstić information content (AvgIpc) is 0.744. The van der Waals surface area contributed by atoms with E-state index in [9.17, 15) is 181 Å². The third-order valence-electron chi connectivity index (χ3n) is 20.6. The monoisotopic (exact) mass is 1770 g/mol. The second kappa shape index (κ2) is 40.8. The van der Waals surface area contributed by atoms with Crippen LogP contribution in [0.2, 0.25) is 0 Å². The largest absolute Gasteiger partial charge is 0.479 e. The van der Waals surface area contributed by atoms with Gasteiger partial charge in [-0.15, -0.1) is 0 Å². The molecular formula is C58H100N2O55P2. The van der Waals surface area contributed by atoms with Crippen LogP contribution < -0.4 is 11.5 Å². The van der Waals surface area contributed by atoms with Crippen LogP contribution in [-0.4, -0.2) is 515 Å². The van der Waals surface area contributed by atoms with Crippen LogP contribution in [0.1, 0.15) is 6.42 Å². The molecule has 9 rings (SSSR count). The number of aliphatic hydroxyl groups is 26. The number of aliphatic hydroxyl groups excluding tert-OH is 26. The number of ether oxygens (including phenoxy) is 17. The molecule has 36 N–H and O–H groups in total. The molecular weight excluding hydrogens is 1670 g/mol. The van der Waals surface area contributed by atoms with Crippen molar-refractivity contribution in [2.45, 2.75) is 294 Å². The zero-order valence-corrected chi connectivity index (χ0v) is 62.0. The molecule has 0 radical (unpaired) electrons. The van der Waals surface area contributed by atoms with Crippen LogP contribution in [-0.2, 0) is 108 Å². The number of aliphatic carboxylic acids is 2. The summed E-state index contributed by atoms with van der Waals surface area (Å²) in [5, 5.41) is 309. The first-order valence-electron chi connectivity index (χ1n) is 35.5. The van der Waals surface area contributed by atoms with Crippen LogP contribution in [0.5, 0.6) is 0 Å². The van der Waals surface area contributed by atoms with Gasteiger partial charge in [-0.3, -0.25) is 9.05 Å². The molecule has 9 aliphatic rings. The van der Waals surface area contributed by atoms with Gasteiger partial charge in [0.15, 0.2) is 56.4 Å². The number of phosphoric acid groups is 2. The molecule has 9 aliphatic heterocycles. The fraction of sp³-hybridized carbons (Fsp3) is 0.966. The second-order valence-corrected chi connectivity index (χ2v) is 30.9. The fourth-order valence-corrected chi connectivity index (χ4v) is 15.3. The maximum Gasteiger partial charge on any atom is 0.470 e. The molecule has 117 heavy (non-hydrogen) atoms. The van der Waals surface area contributed by atoms with Gasteiger partial charge in [0, 0.05) is 6.42 Å². The first kappa shape index (κ1) is 98.2. The molecule has 0 saturated carbocycles. The molecule has 57 nitrogen and oxygen atoms in total. The van der Waals surface area contributed by atoms with Crippen molar-refractivity contribution in [3.8, 4) is 0 Å². The number of nitrogens with two attached hydrogens (primary N) is 2. The Morgan fingerprint density at radius 3 is 1.26 bits per heavy atom. The third-order valence-corrected chi connectivity index (χ3v) is 21.7. The van der Waals surface area contributed by atoms with Crippen LogP contribution in [0.4, 0.5) is 0 Å². The summed E-state index contributed by atoms with van der Waals surface area (Å²) in [6.07, 6.45) is -113. The summed E-state index contributed by atoms with van der Waals surface area (Å²) in [6.45, 7) is -11.2. The van der Waals surface area contributed by atoms with Crippen molar-refractivity contribution in [2.75, 3.05) is 52.9 Å². The van der Waals surface area contributed by atoms with E-state index in [2.05, 4.69) is 0 Å². The Bertz CT molecular complexity index is 3230. The summed E-state index contributed by atoms with van der Waals surface area (Å²) in [5.74, 6) is -8.38. The molecule has 9 saturated heterocycles. The van der Waals surface area contributed by atoms with E-state index in [4.69, 9.17) is 101 Å². The van der Waals surface area contributed by atoms with Gasteiger partial charge in [-0.05, 0) is 0 Å². The fourth-order valence-electron chi connectivity index (χ4n) is 14.2. The van der Waals surface area contributed by atoms with Crippen LogP contribution in [0.25, 0.3) is 0 Å². The highest BCUT2D eigenvalue weighted by Crippen LogP contribution is 2.49. The van der Waals surface area contributed by atoms with Crippen molar-refractivity contribution >= 4 is 27.6 Å². The van der Waals surface area contributed by atoms with E-state index in [0.717, 1.165) is 0 Å². The van der Waals surface area contributed by atoms with E-state index < -0.39 is 375 Å². The van der Waals surface area contributed by atoms with E-state index in [1.807, 2.05) is 0 Å². The molecule has 0 unspecified atom stereocenters. The molecule has 0 bridgehead atoms. The molecule has 682 valence electrons. The Balaban J connectivity index is 1.20. The molecule has 0 aromatic carbocycles. The predicted octanol–water partition coefficient (Wildman–Crippen LogP) is -21.8. The van der Waals surface area contributed by atoms with Crippen molar-refractivity contribution in [3.05, 3.63) is 0 Å². The minimum Gasteiger partial charge on any atom is -0.479 e. The molecule has 0 spiro atoms. The standard InChI is InChI=1S/C58H100N2O55P2/c59-19-25(74)24(73)17(99-49(19)88)8-97-50-20(60)26(75)40(115-117(94,95)96)18(103-50)9-98-58(57(89)90)1-13(114-116(91,92)93)41(39(113-58)12(69)4-63)106-56-47(112-53-36(85)29(78)23(72)16(7-66)102-53)46(45(38(105-56)11(68)3-62)110-52-35(84)28(77)22(71)15(6-65)101-52)111-54-44(32(81)30(79)37(104-54)10(67)2-61)109-55-43(33(82)31(80)42(107-55)48(86)87)108-51-34(83)27(76)21(70)14(5-64)100-51/h10-47,49-56,61-85,88H,1-9,59-60H2,(H,86,87)(H,89,90)(H2,91,92,93)(H2,94,95,96)/t10-,11-,12+,13+,14+,15+,16+,17+,18+,19+,20+,21+,22+,23+,24+,25+,26+,27-,28-,29-,30-,31-,32-,33+,34+,35+,36+,37+,38+,39+,40+,41+,42-,43+,44-,45+,46-,47-,49-,50+,51+,52-,53-,54+,55+,56+,58+/m0/s1. The number of phosphoric ester groups is 2. The van der Waals surface area contributed by atoms with Gasteiger partial charge < -0.3 is 255 Å². The lowest BCUT2D eigenvalue weighted by Gasteiger charge is -2.54. The number of carboxylic acids is 2. The van der Waals surface area contributed by atoms with Gasteiger partial charge >= 0.3 is 27.6 Å².